The van der Waals surface area contributed by atoms with Gasteiger partial charge in [-0.2, -0.15) is 0 Å². The van der Waals surface area contributed by atoms with Gasteiger partial charge in [0.05, 0.1) is 16.9 Å². The van der Waals surface area contributed by atoms with Crippen molar-refractivity contribution in [2.45, 2.75) is 19.1 Å². The number of nitrogens with zero attached hydrogens (tertiary/aromatic N) is 2. The molecule has 0 spiro atoms. The highest BCUT2D eigenvalue weighted by atomic mass is 79.9. The zero-order valence-corrected chi connectivity index (χ0v) is 13.3. The molecule has 0 saturated carbocycles. The number of likely N-dealkylation sites (N-methyl/N-ethyl adjacent to an activating group) is 1. The Labute approximate surface area is 125 Å². The second kappa shape index (κ2) is 5.52. The third-order valence-corrected chi connectivity index (χ3v) is 5.37. The minimum absolute atomic E-state index is 0.140. The summed E-state index contributed by atoms with van der Waals surface area (Å²) in [6, 6.07) is 2.17. The van der Waals surface area contributed by atoms with Crippen molar-refractivity contribution < 1.29 is 9.53 Å². The summed E-state index contributed by atoms with van der Waals surface area (Å²) in [5.41, 5.74) is 1.38. The summed E-state index contributed by atoms with van der Waals surface area (Å²) in [6.45, 7) is 3.80. The smallest absolute Gasteiger partial charge is 0.253 e. The average Bonchev–Trinajstić information content (AvgIpc) is 2.76. The van der Waals surface area contributed by atoms with E-state index in [0.717, 1.165) is 29.8 Å². The summed E-state index contributed by atoms with van der Waals surface area (Å²) in [5.74, 6) is 0.140. The van der Waals surface area contributed by atoms with Crippen LogP contribution >= 0.6 is 27.3 Å². The summed E-state index contributed by atoms with van der Waals surface area (Å²) < 4.78 is 6.77. The number of carbonyl (C=O) groups is 1. The van der Waals surface area contributed by atoms with Crippen molar-refractivity contribution in [3.63, 3.8) is 0 Å². The third kappa shape index (κ3) is 2.86. The second-order valence-corrected chi connectivity index (χ2v) is 7.65. The molecule has 1 amide bonds. The molecule has 1 atom stereocenters. The number of fused-ring (bicyclic) bond motifs is 1. The van der Waals surface area contributed by atoms with Gasteiger partial charge in [-0.25, -0.2) is 0 Å². The van der Waals surface area contributed by atoms with Gasteiger partial charge >= 0.3 is 0 Å². The summed E-state index contributed by atoms with van der Waals surface area (Å²) in [6.07, 6.45) is 0.662. The molecule has 0 bridgehead atoms. The fraction of sp³-hybridized carbons (Fsp3) is 0.615. The molecule has 1 aromatic heterocycles. The topological polar surface area (TPSA) is 32.8 Å². The van der Waals surface area contributed by atoms with Crippen molar-refractivity contribution in [1.82, 2.24) is 9.80 Å². The van der Waals surface area contributed by atoms with Gasteiger partial charge < -0.3 is 14.5 Å². The Balaban J connectivity index is 1.68. The first-order chi connectivity index (χ1) is 9.13. The van der Waals surface area contributed by atoms with E-state index in [1.807, 2.05) is 11.9 Å². The van der Waals surface area contributed by atoms with Gasteiger partial charge in [0.1, 0.15) is 6.10 Å². The van der Waals surface area contributed by atoms with E-state index in [-0.39, 0.29) is 12.0 Å². The number of morpholine rings is 1. The number of hydrogen-bond donors (Lipinski definition) is 0. The molecule has 3 heterocycles. The quantitative estimate of drug-likeness (QED) is 0.777. The van der Waals surface area contributed by atoms with Crippen LogP contribution in [0.15, 0.2) is 9.85 Å². The first-order valence-corrected chi connectivity index (χ1v) is 8.10. The van der Waals surface area contributed by atoms with E-state index >= 15 is 0 Å². The van der Waals surface area contributed by atoms with Gasteiger partial charge in [0.25, 0.3) is 5.91 Å². The first-order valence-electron chi connectivity index (χ1n) is 6.49. The van der Waals surface area contributed by atoms with Crippen molar-refractivity contribution >= 4 is 33.2 Å². The van der Waals surface area contributed by atoms with Crippen LogP contribution in [0, 0.1) is 0 Å². The zero-order chi connectivity index (χ0) is 13.4. The van der Waals surface area contributed by atoms with Crippen LogP contribution in [0.5, 0.6) is 0 Å². The van der Waals surface area contributed by atoms with Gasteiger partial charge in [0, 0.05) is 24.5 Å². The van der Waals surface area contributed by atoms with Gasteiger partial charge in [-0.05, 0) is 41.0 Å². The molecule has 4 nitrogen and oxygen atoms in total. The maximum atomic E-state index is 12.5. The van der Waals surface area contributed by atoms with E-state index in [1.54, 1.807) is 11.3 Å². The lowest BCUT2D eigenvalue weighted by molar-refractivity contribution is -0.149. The van der Waals surface area contributed by atoms with Crippen LogP contribution in [0.1, 0.15) is 10.4 Å². The van der Waals surface area contributed by atoms with Crippen LogP contribution in [0.3, 0.4) is 0 Å². The Hall–Kier alpha value is -0.430. The zero-order valence-electron chi connectivity index (χ0n) is 10.9. The van der Waals surface area contributed by atoms with Gasteiger partial charge in [0.2, 0.25) is 0 Å². The van der Waals surface area contributed by atoms with E-state index in [2.05, 4.69) is 26.9 Å². The molecular weight excluding hydrogens is 328 g/mol. The number of hydrogen-bond acceptors (Lipinski definition) is 4. The molecule has 0 N–H and O–H groups in total. The minimum Gasteiger partial charge on any atom is -0.366 e. The normalized spacial score (nSPS) is 24.3. The lowest BCUT2D eigenvalue weighted by Gasteiger charge is -2.34. The highest BCUT2D eigenvalue weighted by Crippen LogP contribution is 2.31. The van der Waals surface area contributed by atoms with Gasteiger partial charge in [-0.15, -0.1) is 11.3 Å². The van der Waals surface area contributed by atoms with E-state index < -0.39 is 0 Å². The summed E-state index contributed by atoms with van der Waals surface area (Å²) >= 11 is 5.25. The number of rotatable bonds is 1. The highest BCUT2D eigenvalue weighted by molar-refractivity contribution is 9.11. The maximum Gasteiger partial charge on any atom is 0.253 e. The fourth-order valence-corrected chi connectivity index (χ4v) is 4.41. The molecule has 6 heteroatoms. The van der Waals surface area contributed by atoms with Crippen LogP contribution in [-0.2, 0) is 22.5 Å². The van der Waals surface area contributed by atoms with Gasteiger partial charge in [-0.3, -0.25) is 4.79 Å². The molecule has 0 aliphatic carbocycles. The molecule has 3 rings (SSSR count). The van der Waals surface area contributed by atoms with Crippen molar-refractivity contribution in [2.75, 3.05) is 33.3 Å². The van der Waals surface area contributed by atoms with Gasteiger partial charge in [-0.1, -0.05) is 0 Å². The molecule has 0 radical (unpaired) electrons. The Morgan fingerprint density at radius 2 is 2.37 bits per heavy atom. The lowest BCUT2D eigenvalue weighted by atomic mass is 10.1. The van der Waals surface area contributed by atoms with Crippen molar-refractivity contribution in [1.29, 1.82) is 0 Å². The van der Waals surface area contributed by atoms with Crippen LogP contribution < -0.4 is 0 Å². The summed E-state index contributed by atoms with van der Waals surface area (Å²) in [4.78, 5) is 17.9. The largest absolute Gasteiger partial charge is 0.366 e. The van der Waals surface area contributed by atoms with Crippen LogP contribution in [0.2, 0.25) is 0 Å². The number of carbonyl (C=O) groups excluding carboxylic acids is 1. The van der Waals surface area contributed by atoms with E-state index in [1.165, 1.54) is 10.4 Å². The fourth-order valence-electron chi connectivity index (χ4n) is 2.60. The predicted octanol–water partition coefficient (Wildman–Crippen LogP) is 1.73. The molecule has 0 aromatic carbocycles. The standard InChI is InChI=1S/C13H17BrN2O2S/c1-15-4-5-18-10(7-15)13(17)16-3-2-9-6-12(14)19-11(9)8-16/h6,10H,2-5,7-8H2,1H3/t10-/m0/s1. The molecule has 19 heavy (non-hydrogen) atoms. The molecule has 104 valence electrons. The third-order valence-electron chi connectivity index (χ3n) is 3.71. The number of halogens is 1. The van der Waals surface area contributed by atoms with Crippen molar-refractivity contribution in [2.24, 2.45) is 0 Å². The molecule has 0 unspecified atom stereocenters. The Morgan fingerprint density at radius 3 is 3.16 bits per heavy atom. The van der Waals surface area contributed by atoms with E-state index in [4.69, 9.17) is 4.74 Å². The first kappa shape index (κ1) is 13.5. The van der Waals surface area contributed by atoms with Crippen LogP contribution in [-0.4, -0.2) is 55.1 Å². The molecule has 1 saturated heterocycles. The number of ether oxygens (including phenoxy) is 1. The van der Waals surface area contributed by atoms with Crippen molar-refractivity contribution in [3.8, 4) is 0 Å². The molecule has 2 aliphatic heterocycles. The van der Waals surface area contributed by atoms with Gasteiger partial charge in [0.15, 0.2) is 0 Å². The Bertz CT molecular complexity index is 491. The molecular formula is C13H17BrN2O2S. The summed E-state index contributed by atoms with van der Waals surface area (Å²) in [5, 5.41) is 0. The predicted molar refractivity (Wildman–Crippen MR) is 78.4 cm³/mol. The Kier molecular flexibility index (Phi) is 3.93. The molecule has 1 fully saturated rings. The number of amides is 1. The summed E-state index contributed by atoms with van der Waals surface area (Å²) in [7, 11) is 2.04. The number of thiophene rings is 1. The maximum absolute atomic E-state index is 12.5. The van der Waals surface area contributed by atoms with Crippen LogP contribution in [0.4, 0.5) is 0 Å². The molecule has 2 aliphatic rings. The average molecular weight is 345 g/mol. The van der Waals surface area contributed by atoms with E-state index in [0.29, 0.717) is 13.2 Å². The minimum atomic E-state index is -0.288. The second-order valence-electron chi connectivity index (χ2n) is 5.13. The molecule has 1 aromatic rings. The van der Waals surface area contributed by atoms with E-state index in [9.17, 15) is 4.79 Å². The highest BCUT2D eigenvalue weighted by Gasteiger charge is 2.31. The lowest BCUT2D eigenvalue weighted by Crippen LogP contribution is -2.50. The SMILES string of the molecule is CN1CCO[C@H](C(=O)N2CCc3cc(Br)sc3C2)C1. The Morgan fingerprint density at radius 1 is 1.53 bits per heavy atom. The monoisotopic (exact) mass is 344 g/mol. The van der Waals surface area contributed by atoms with Crippen molar-refractivity contribution in [3.05, 3.63) is 20.3 Å². The van der Waals surface area contributed by atoms with Crippen LogP contribution in [0.25, 0.3) is 0 Å².